The maximum atomic E-state index is 12.4. The maximum absolute atomic E-state index is 12.4. The minimum absolute atomic E-state index is 0.0152. The third-order valence-corrected chi connectivity index (χ3v) is 4.54. The number of hydrogen-bond acceptors (Lipinski definition) is 5. The van der Waals surface area contributed by atoms with E-state index < -0.39 is 23.3 Å². The van der Waals surface area contributed by atoms with E-state index in [2.05, 4.69) is 8.38 Å². The molecule has 0 aromatic heterocycles. The highest BCUT2D eigenvalue weighted by Gasteiger charge is 2.56. The van der Waals surface area contributed by atoms with Gasteiger partial charge in [-0.1, -0.05) is 18.2 Å². The Morgan fingerprint density at radius 1 is 1.45 bits per heavy atom. The largest absolute Gasteiger partial charge is 0.406 e. The van der Waals surface area contributed by atoms with E-state index in [4.69, 9.17) is 0 Å². The van der Waals surface area contributed by atoms with Crippen molar-refractivity contribution >= 4 is 46.5 Å². The summed E-state index contributed by atoms with van der Waals surface area (Å²) in [5.41, 5.74) is 0.437. The monoisotopic (exact) mass is 411 g/mol. The molecule has 1 aromatic rings. The van der Waals surface area contributed by atoms with E-state index in [9.17, 15) is 19.6 Å². The molecule has 0 unspecified atom stereocenters. The molecule has 2 atom stereocenters. The lowest BCUT2D eigenvalue weighted by Gasteiger charge is -2.21. The standard InChI is InChI=1S/C14H10IN3O4/c15-22-12(20)11(19)18-7-14(5-8(18)6-16)9-3-1-2-4-10(9)17-13(14)21/h1-4,8H,5,7H2,(H,17,21)/t8-,14-/m0/s1. The van der Waals surface area contributed by atoms with E-state index in [0.717, 1.165) is 10.5 Å². The van der Waals surface area contributed by atoms with Gasteiger partial charge in [-0.05, 0) is 11.6 Å². The maximum Gasteiger partial charge on any atom is 0.406 e. The Hall–Kier alpha value is -2.15. The molecule has 22 heavy (non-hydrogen) atoms. The van der Waals surface area contributed by atoms with Gasteiger partial charge >= 0.3 is 11.9 Å². The Morgan fingerprint density at radius 3 is 2.86 bits per heavy atom. The van der Waals surface area contributed by atoms with E-state index >= 15 is 0 Å². The number of halogens is 1. The van der Waals surface area contributed by atoms with Crippen LogP contribution in [0.25, 0.3) is 0 Å². The molecular weight excluding hydrogens is 401 g/mol. The third-order valence-electron chi connectivity index (χ3n) is 4.14. The van der Waals surface area contributed by atoms with Crippen molar-refractivity contribution in [1.29, 1.82) is 5.26 Å². The van der Waals surface area contributed by atoms with Gasteiger partial charge in [0.15, 0.2) is 23.0 Å². The lowest BCUT2D eigenvalue weighted by molar-refractivity contribution is -0.152. The van der Waals surface area contributed by atoms with Crippen LogP contribution >= 0.6 is 23.0 Å². The van der Waals surface area contributed by atoms with Gasteiger partial charge < -0.3 is 13.3 Å². The van der Waals surface area contributed by atoms with Crippen LogP contribution in [0.4, 0.5) is 5.69 Å². The second-order valence-corrected chi connectivity index (χ2v) is 5.67. The van der Waals surface area contributed by atoms with Crippen LogP contribution in [0.2, 0.25) is 0 Å². The minimum Gasteiger partial charge on any atom is -0.387 e. The van der Waals surface area contributed by atoms with Crippen molar-refractivity contribution in [3.05, 3.63) is 29.8 Å². The molecule has 7 nitrogen and oxygen atoms in total. The zero-order chi connectivity index (χ0) is 15.9. The molecule has 0 saturated carbocycles. The number of nitriles is 1. The van der Waals surface area contributed by atoms with Crippen LogP contribution in [0.15, 0.2) is 24.3 Å². The van der Waals surface area contributed by atoms with E-state index in [0.29, 0.717) is 5.69 Å². The highest BCUT2D eigenvalue weighted by atomic mass is 127. The fourth-order valence-corrected chi connectivity index (χ4v) is 3.31. The van der Waals surface area contributed by atoms with Gasteiger partial charge in [0.25, 0.3) is 0 Å². The number of carbonyl (C=O) groups is 3. The van der Waals surface area contributed by atoms with Crippen molar-refractivity contribution in [3.8, 4) is 6.07 Å². The number of fused-ring (bicyclic) bond motifs is 2. The first-order valence-corrected chi connectivity index (χ1v) is 7.35. The zero-order valence-corrected chi connectivity index (χ0v) is 13.4. The summed E-state index contributed by atoms with van der Waals surface area (Å²) in [6.45, 7) is -0.0152. The van der Waals surface area contributed by atoms with Crippen molar-refractivity contribution < 1.29 is 17.4 Å². The highest BCUT2D eigenvalue weighted by Crippen LogP contribution is 2.46. The Bertz CT molecular complexity index is 729. The number of carbonyl (C=O) groups excluding carboxylic acids is 3. The molecule has 0 radical (unpaired) electrons. The lowest BCUT2D eigenvalue weighted by atomic mass is 9.80. The predicted molar refractivity (Wildman–Crippen MR) is 82.6 cm³/mol. The van der Waals surface area contributed by atoms with E-state index in [1.165, 1.54) is 23.0 Å². The minimum atomic E-state index is -1.05. The molecule has 2 aliphatic heterocycles. The molecule has 2 amide bonds. The van der Waals surface area contributed by atoms with Gasteiger partial charge in [0.1, 0.15) is 6.04 Å². The molecule has 1 saturated heterocycles. The average Bonchev–Trinajstić information content (AvgIpc) is 3.06. The molecule has 1 spiro atoms. The molecule has 2 heterocycles. The summed E-state index contributed by atoms with van der Waals surface area (Å²) in [5.74, 6) is -2.22. The molecule has 1 fully saturated rings. The van der Waals surface area contributed by atoms with Gasteiger partial charge in [0.2, 0.25) is 5.91 Å². The Labute approximate surface area is 139 Å². The summed E-state index contributed by atoms with van der Waals surface area (Å²) in [7, 11) is 0. The summed E-state index contributed by atoms with van der Waals surface area (Å²) in [6.07, 6.45) is 0.159. The molecule has 1 aromatic carbocycles. The normalized spacial score (nSPS) is 25.5. The van der Waals surface area contributed by atoms with Crippen LogP contribution in [0.5, 0.6) is 0 Å². The summed E-state index contributed by atoms with van der Waals surface area (Å²) < 4.78 is 4.39. The van der Waals surface area contributed by atoms with Crippen LogP contribution in [0.3, 0.4) is 0 Å². The lowest BCUT2D eigenvalue weighted by Crippen LogP contribution is -2.42. The van der Waals surface area contributed by atoms with Gasteiger partial charge in [-0.15, -0.1) is 0 Å². The molecule has 0 bridgehead atoms. The van der Waals surface area contributed by atoms with E-state index in [1.54, 1.807) is 24.3 Å². The van der Waals surface area contributed by atoms with Crippen LogP contribution < -0.4 is 5.32 Å². The number of nitrogens with one attached hydrogen (secondary N) is 1. The summed E-state index contributed by atoms with van der Waals surface area (Å²) in [5, 5.41) is 12.1. The first kappa shape index (κ1) is 14.8. The number of nitrogens with zero attached hydrogens (tertiary/aromatic N) is 2. The molecule has 1 N–H and O–H groups in total. The summed E-state index contributed by atoms with van der Waals surface area (Å²) in [4.78, 5) is 37.1. The fraction of sp³-hybridized carbons (Fsp3) is 0.286. The SMILES string of the molecule is N#C[C@@H]1C[C@@]2(CN1C(=O)C(=O)OI)C(=O)Nc1ccccc12. The highest BCUT2D eigenvalue weighted by molar-refractivity contribution is 14.1. The number of amides is 2. The first-order valence-electron chi connectivity index (χ1n) is 6.47. The summed E-state index contributed by atoms with van der Waals surface area (Å²) >= 11 is 1.32. The van der Waals surface area contributed by atoms with Crippen LogP contribution in [0.1, 0.15) is 12.0 Å². The van der Waals surface area contributed by atoms with Gasteiger partial charge in [0.05, 0.1) is 11.5 Å². The Balaban J connectivity index is 2.02. The van der Waals surface area contributed by atoms with Gasteiger partial charge in [-0.3, -0.25) is 9.59 Å². The van der Waals surface area contributed by atoms with Crippen molar-refractivity contribution in [2.75, 3.05) is 11.9 Å². The smallest absolute Gasteiger partial charge is 0.387 e. The molecule has 0 aliphatic carbocycles. The quantitative estimate of drug-likeness (QED) is 0.505. The van der Waals surface area contributed by atoms with Crippen molar-refractivity contribution in [2.45, 2.75) is 17.9 Å². The Morgan fingerprint density at radius 2 is 2.18 bits per heavy atom. The zero-order valence-electron chi connectivity index (χ0n) is 11.2. The molecule has 8 heteroatoms. The van der Waals surface area contributed by atoms with Gasteiger partial charge in [-0.25, -0.2) is 4.79 Å². The molecular formula is C14H10IN3O4. The van der Waals surface area contributed by atoms with Gasteiger partial charge in [0, 0.05) is 18.7 Å². The number of benzene rings is 1. The van der Waals surface area contributed by atoms with Crippen LogP contribution in [-0.2, 0) is 22.9 Å². The third kappa shape index (κ3) is 1.96. The number of hydrogen-bond donors (Lipinski definition) is 1. The second kappa shape index (κ2) is 5.24. The van der Waals surface area contributed by atoms with Crippen molar-refractivity contribution in [3.63, 3.8) is 0 Å². The number of rotatable bonds is 0. The average molecular weight is 411 g/mol. The Kier molecular flexibility index (Phi) is 3.52. The predicted octanol–water partition coefficient (Wildman–Crippen LogP) is 0.894. The summed E-state index contributed by atoms with van der Waals surface area (Å²) in [6, 6.07) is 8.31. The number of likely N-dealkylation sites (tertiary alicyclic amines) is 1. The van der Waals surface area contributed by atoms with Crippen LogP contribution in [-0.4, -0.2) is 35.3 Å². The molecule has 3 rings (SSSR count). The fourth-order valence-electron chi connectivity index (χ4n) is 3.12. The van der Waals surface area contributed by atoms with E-state index in [-0.39, 0.29) is 18.9 Å². The number of anilines is 1. The first-order chi connectivity index (χ1) is 10.5. The molecule has 2 aliphatic rings. The van der Waals surface area contributed by atoms with Gasteiger partial charge in [-0.2, -0.15) is 5.26 Å². The topological polar surface area (TPSA) is 99.5 Å². The molecule has 112 valence electrons. The number of para-hydroxylation sites is 1. The van der Waals surface area contributed by atoms with Crippen molar-refractivity contribution in [1.82, 2.24) is 4.90 Å². The van der Waals surface area contributed by atoms with E-state index in [1.807, 2.05) is 6.07 Å². The second-order valence-electron chi connectivity index (χ2n) is 5.23. The van der Waals surface area contributed by atoms with Crippen LogP contribution in [0, 0.1) is 11.3 Å². The van der Waals surface area contributed by atoms with Crippen molar-refractivity contribution in [2.24, 2.45) is 0 Å².